The Morgan fingerprint density at radius 2 is 1.77 bits per heavy atom. The summed E-state index contributed by atoms with van der Waals surface area (Å²) in [4.78, 5) is 0. The Morgan fingerprint density at radius 1 is 1.23 bits per heavy atom. The van der Waals surface area contributed by atoms with Crippen LogP contribution >= 0.6 is 0 Å². The van der Waals surface area contributed by atoms with Crippen LogP contribution in [0.3, 0.4) is 0 Å². The first kappa shape index (κ1) is 16.1. The van der Waals surface area contributed by atoms with Crippen molar-refractivity contribution in [2.75, 3.05) is 0 Å². The van der Waals surface area contributed by atoms with Crippen LogP contribution in [0, 0.1) is 0 Å². The zero-order valence-corrected chi connectivity index (χ0v) is 14.7. The Kier molecular flexibility index (Phi) is 4.41. The lowest BCUT2D eigenvalue weighted by atomic mass is 9.26. The number of nitrogens with zero attached hydrogens (tertiary/aromatic N) is 2. The van der Waals surface area contributed by atoms with E-state index in [1.54, 1.807) is 13.8 Å². The third kappa shape index (κ3) is 3.13. The summed E-state index contributed by atoms with van der Waals surface area (Å²) in [6.07, 6.45) is 12.7. The van der Waals surface area contributed by atoms with Gasteiger partial charge in [-0.1, -0.05) is 58.0 Å². The Bertz CT molecular complexity index is 496. The van der Waals surface area contributed by atoms with Gasteiger partial charge in [0.15, 0.2) is 0 Å². The smallest absolute Gasteiger partial charge is 0.126 e. The van der Waals surface area contributed by atoms with E-state index < -0.39 is 5.60 Å². The standard InChI is InChI=1S/C18H31BN2O/c1-14(2)21-12-11-20(13-18(3,4)22)17(21)19-15-7-5-8-16(19)10-6-9-15/h11-12,14-16H,5-10,13H2,1-4H3/q-1. The van der Waals surface area contributed by atoms with Gasteiger partial charge >= 0.3 is 0 Å². The van der Waals surface area contributed by atoms with Gasteiger partial charge in [-0.25, -0.2) is 0 Å². The highest BCUT2D eigenvalue weighted by Crippen LogP contribution is 2.45. The molecule has 2 aliphatic rings. The van der Waals surface area contributed by atoms with Crippen LogP contribution in [0.5, 0.6) is 0 Å². The van der Waals surface area contributed by atoms with E-state index in [0.29, 0.717) is 19.3 Å². The molecule has 0 amide bonds. The molecule has 0 spiro atoms. The van der Waals surface area contributed by atoms with Crippen molar-refractivity contribution in [1.29, 1.82) is 0 Å². The minimum atomic E-state index is -0.910. The predicted molar refractivity (Wildman–Crippen MR) is 89.7 cm³/mol. The monoisotopic (exact) mass is 302 g/mol. The second-order valence-corrected chi connectivity index (χ2v) is 8.45. The van der Waals surface area contributed by atoms with E-state index in [4.69, 9.17) is 0 Å². The van der Waals surface area contributed by atoms with E-state index >= 15 is 0 Å². The molecule has 0 N–H and O–H groups in total. The van der Waals surface area contributed by atoms with Gasteiger partial charge in [-0.3, -0.25) is 9.13 Å². The summed E-state index contributed by atoms with van der Waals surface area (Å²) in [6.45, 7) is 9.38. The second-order valence-electron chi connectivity index (χ2n) is 8.45. The Balaban J connectivity index is 2.01. The number of hydrogen-bond acceptors (Lipinski definition) is 1. The van der Waals surface area contributed by atoms with Gasteiger partial charge in [0.05, 0.1) is 12.6 Å². The molecule has 2 fully saturated rings. The average molecular weight is 302 g/mol. The molecule has 0 aliphatic carbocycles. The molecular formula is C18H31BN2O-. The van der Waals surface area contributed by atoms with Crippen LogP contribution in [0.15, 0.2) is 12.4 Å². The van der Waals surface area contributed by atoms with Crippen molar-refractivity contribution in [3.8, 4) is 0 Å². The maximum absolute atomic E-state index is 12.3. The Morgan fingerprint density at radius 3 is 2.23 bits per heavy atom. The van der Waals surface area contributed by atoms with Crippen molar-refractivity contribution >= 4 is 12.4 Å². The number of fused-ring (bicyclic) bond motifs is 2. The van der Waals surface area contributed by atoms with Gasteiger partial charge in [-0.05, 0) is 13.8 Å². The molecule has 2 aliphatic heterocycles. The summed E-state index contributed by atoms with van der Waals surface area (Å²) < 4.78 is 4.72. The summed E-state index contributed by atoms with van der Waals surface area (Å²) in [5.74, 6) is 1.67. The lowest BCUT2D eigenvalue weighted by molar-refractivity contribution is -0.719. The van der Waals surface area contributed by atoms with E-state index in [1.807, 2.05) is 0 Å². The van der Waals surface area contributed by atoms with Gasteiger partial charge in [-0.15, -0.1) is 0 Å². The normalized spacial score (nSPS) is 26.6. The quantitative estimate of drug-likeness (QED) is 0.620. The molecule has 4 heteroatoms. The van der Waals surface area contributed by atoms with Crippen LogP contribution in [0.2, 0.25) is 11.6 Å². The highest BCUT2D eigenvalue weighted by atomic mass is 16.3. The highest BCUT2D eigenvalue weighted by Gasteiger charge is 2.35. The second kappa shape index (κ2) is 6.03. The maximum Gasteiger partial charge on any atom is 0.126 e. The van der Waals surface area contributed by atoms with Crippen molar-refractivity contribution in [3.05, 3.63) is 12.4 Å². The molecule has 123 valence electrons. The molecule has 0 saturated carbocycles. The molecule has 3 heterocycles. The van der Waals surface area contributed by atoms with Crippen molar-refractivity contribution in [3.63, 3.8) is 0 Å². The lowest BCUT2D eigenvalue weighted by Gasteiger charge is -2.50. The fraction of sp³-hybridized carbons (Fsp3) is 0.833. The molecule has 3 nitrogen and oxygen atoms in total. The third-order valence-corrected chi connectivity index (χ3v) is 5.69. The maximum atomic E-state index is 12.3. The molecule has 0 unspecified atom stereocenters. The van der Waals surface area contributed by atoms with E-state index in [0.717, 1.165) is 11.6 Å². The topological polar surface area (TPSA) is 31.9 Å². The largest absolute Gasteiger partial charge is 0.847 e. The SMILES string of the molecule is CC(C)n1cc[n+](CC(C)(C)[O-])c1[B-]1C2CCCC1CCC2. The van der Waals surface area contributed by atoms with Crippen molar-refractivity contribution in [2.24, 2.45) is 0 Å². The van der Waals surface area contributed by atoms with Crippen LogP contribution in [-0.4, -0.2) is 16.9 Å². The zero-order valence-electron chi connectivity index (χ0n) is 14.7. The summed E-state index contributed by atoms with van der Waals surface area (Å²) >= 11 is 0. The first-order valence-corrected chi connectivity index (χ1v) is 9.17. The number of aromatic nitrogens is 2. The summed E-state index contributed by atoms with van der Waals surface area (Å²) in [6, 6.07) is 0.466. The van der Waals surface area contributed by atoms with Crippen molar-refractivity contribution < 1.29 is 9.67 Å². The van der Waals surface area contributed by atoms with E-state index in [-0.39, 0.29) is 0 Å². The molecule has 22 heavy (non-hydrogen) atoms. The number of rotatable bonds is 4. The summed E-state index contributed by atoms with van der Waals surface area (Å²) in [7, 11) is 0. The fourth-order valence-corrected chi connectivity index (χ4v) is 4.90. The lowest BCUT2D eigenvalue weighted by Crippen LogP contribution is -2.66. The van der Waals surface area contributed by atoms with Gasteiger partial charge in [-0.2, -0.15) is 11.6 Å². The van der Waals surface area contributed by atoms with Crippen LogP contribution in [-0.2, 0) is 6.54 Å². The first-order chi connectivity index (χ1) is 10.4. The summed E-state index contributed by atoms with van der Waals surface area (Å²) in [5.41, 5.74) is 0.528. The first-order valence-electron chi connectivity index (χ1n) is 9.17. The molecule has 0 aromatic carbocycles. The average Bonchev–Trinajstić information content (AvgIpc) is 2.79. The third-order valence-electron chi connectivity index (χ3n) is 5.69. The molecule has 1 radical (unpaired) electrons. The molecule has 2 saturated heterocycles. The van der Waals surface area contributed by atoms with Gasteiger partial charge < -0.3 is 5.11 Å². The van der Waals surface area contributed by atoms with Crippen LogP contribution in [0.4, 0.5) is 0 Å². The van der Waals surface area contributed by atoms with Gasteiger partial charge in [0.1, 0.15) is 12.4 Å². The molecule has 2 bridgehead atoms. The number of imidazole rings is 1. The minimum Gasteiger partial charge on any atom is -0.847 e. The molecule has 3 rings (SSSR count). The van der Waals surface area contributed by atoms with Gasteiger partial charge in [0, 0.05) is 12.4 Å². The van der Waals surface area contributed by atoms with Crippen LogP contribution < -0.4 is 15.4 Å². The Labute approximate surface area is 135 Å². The van der Waals surface area contributed by atoms with Gasteiger partial charge in [0.2, 0.25) is 0 Å². The zero-order chi connectivity index (χ0) is 15.9. The van der Waals surface area contributed by atoms with E-state index in [2.05, 4.69) is 35.4 Å². The molecule has 1 aromatic heterocycles. The highest BCUT2D eigenvalue weighted by molar-refractivity contribution is 6.74. The molecule has 0 atom stereocenters. The van der Waals surface area contributed by atoms with Crippen molar-refractivity contribution in [2.45, 2.75) is 96.0 Å². The summed E-state index contributed by atoms with van der Waals surface area (Å²) in [5, 5.41) is 12.3. The predicted octanol–water partition coefficient (Wildman–Crippen LogP) is 2.31. The number of hydrogen-bond donors (Lipinski definition) is 0. The van der Waals surface area contributed by atoms with Crippen LogP contribution in [0.1, 0.15) is 72.3 Å². The van der Waals surface area contributed by atoms with Crippen molar-refractivity contribution in [1.82, 2.24) is 4.57 Å². The van der Waals surface area contributed by atoms with E-state index in [1.165, 1.54) is 44.2 Å². The van der Waals surface area contributed by atoms with Gasteiger partial charge in [0.25, 0.3) is 0 Å². The molecule has 1 aromatic rings. The van der Waals surface area contributed by atoms with E-state index in [9.17, 15) is 5.11 Å². The van der Waals surface area contributed by atoms with Crippen LogP contribution in [0.25, 0.3) is 0 Å². The Hall–Kier alpha value is -0.765. The molecular weight excluding hydrogens is 271 g/mol. The minimum absolute atomic E-state index is 0.466. The fourth-order valence-electron chi connectivity index (χ4n) is 4.90.